The Bertz CT molecular complexity index is 334. The number of alkyl halides is 2. The molecule has 6 heteroatoms. The number of nitrogens with two attached hydrogens (primary N) is 1. The maximum absolute atomic E-state index is 12.6. The predicted octanol–water partition coefficient (Wildman–Crippen LogP) is 1.64. The summed E-state index contributed by atoms with van der Waals surface area (Å²) in [5, 5.41) is 0. The zero-order valence-corrected chi connectivity index (χ0v) is 9.15. The normalized spacial score (nSPS) is 13.2. The maximum atomic E-state index is 12.6. The second kappa shape index (κ2) is 5.72. The van der Waals surface area contributed by atoms with Crippen LogP contribution in [0.2, 0.25) is 0 Å². The number of pyridine rings is 1. The Hall–Kier alpha value is -1.27. The minimum absolute atomic E-state index is 0.0344. The van der Waals surface area contributed by atoms with Crippen LogP contribution in [-0.2, 0) is 0 Å². The molecule has 0 aromatic carbocycles. The van der Waals surface area contributed by atoms with Gasteiger partial charge in [0, 0.05) is 6.20 Å². The third kappa shape index (κ3) is 3.39. The van der Waals surface area contributed by atoms with Crippen molar-refractivity contribution in [3.05, 3.63) is 24.0 Å². The van der Waals surface area contributed by atoms with Gasteiger partial charge in [0.25, 0.3) is 6.43 Å². The second-order valence-electron chi connectivity index (χ2n) is 3.60. The zero-order valence-electron chi connectivity index (χ0n) is 9.15. The van der Waals surface area contributed by atoms with E-state index < -0.39 is 12.5 Å². The lowest BCUT2D eigenvalue weighted by Crippen LogP contribution is -2.33. The van der Waals surface area contributed by atoms with Crippen LogP contribution in [0.3, 0.4) is 0 Å². The summed E-state index contributed by atoms with van der Waals surface area (Å²) in [5.41, 5.74) is 2.35. The van der Waals surface area contributed by atoms with Crippen molar-refractivity contribution >= 4 is 0 Å². The van der Waals surface area contributed by atoms with Crippen molar-refractivity contribution in [2.45, 2.75) is 32.4 Å². The van der Waals surface area contributed by atoms with Gasteiger partial charge in [0.05, 0.1) is 12.3 Å². The number of nitrogens with zero attached hydrogens (tertiary/aromatic N) is 1. The fourth-order valence-corrected chi connectivity index (χ4v) is 1.26. The summed E-state index contributed by atoms with van der Waals surface area (Å²) >= 11 is 0. The Labute approximate surface area is 92.8 Å². The van der Waals surface area contributed by atoms with E-state index in [0.29, 0.717) is 11.3 Å². The fraction of sp³-hybridized carbons (Fsp3) is 0.500. The molecular formula is C10H15F2N3O. The van der Waals surface area contributed by atoms with E-state index in [9.17, 15) is 8.78 Å². The van der Waals surface area contributed by atoms with E-state index in [4.69, 9.17) is 10.6 Å². The molecule has 1 atom stereocenters. The molecule has 1 rings (SSSR count). The number of nitrogens with one attached hydrogen (secondary N) is 1. The van der Waals surface area contributed by atoms with Crippen molar-refractivity contribution in [2.24, 2.45) is 5.84 Å². The van der Waals surface area contributed by atoms with Crippen LogP contribution in [0.25, 0.3) is 0 Å². The molecule has 1 aromatic heterocycles. The summed E-state index contributed by atoms with van der Waals surface area (Å²) in [5.74, 6) is 5.51. The minimum Gasteiger partial charge on any atom is -0.489 e. The van der Waals surface area contributed by atoms with Gasteiger partial charge >= 0.3 is 0 Å². The van der Waals surface area contributed by atoms with Gasteiger partial charge in [-0.25, -0.2) is 14.2 Å². The molecule has 4 nitrogen and oxygen atoms in total. The molecule has 0 spiro atoms. The van der Waals surface area contributed by atoms with E-state index in [0.717, 1.165) is 0 Å². The van der Waals surface area contributed by atoms with Gasteiger partial charge in [-0.15, -0.1) is 0 Å². The first-order chi connectivity index (χ1) is 7.54. The molecule has 90 valence electrons. The number of ether oxygens (including phenoxy) is 1. The Kier molecular flexibility index (Phi) is 4.57. The zero-order chi connectivity index (χ0) is 12.1. The van der Waals surface area contributed by atoms with Gasteiger partial charge in [-0.1, -0.05) is 0 Å². The van der Waals surface area contributed by atoms with Gasteiger partial charge in [-0.2, -0.15) is 0 Å². The van der Waals surface area contributed by atoms with E-state index in [1.807, 2.05) is 13.8 Å². The van der Waals surface area contributed by atoms with Crippen molar-refractivity contribution in [1.29, 1.82) is 0 Å². The minimum atomic E-state index is -2.60. The van der Waals surface area contributed by atoms with Crippen LogP contribution >= 0.6 is 0 Å². The van der Waals surface area contributed by atoms with Gasteiger partial charge in [0.2, 0.25) is 0 Å². The molecule has 0 aliphatic rings. The molecule has 1 unspecified atom stereocenters. The average Bonchev–Trinajstić information content (AvgIpc) is 2.17. The third-order valence-corrected chi connectivity index (χ3v) is 1.90. The largest absolute Gasteiger partial charge is 0.489 e. The van der Waals surface area contributed by atoms with E-state index in [1.54, 1.807) is 0 Å². The van der Waals surface area contributed by atoms with Gasteiger partial charge in [-0.05, 0) is 25.5 Å². The van der Waals surface area contributed by atoms with Crippen LogP contribution < -0.4 is 16.0 Å². The van der Waals surface area contributed by atoms with Gasteiger partial charge in [0.15, 0.2) is 0 Å². The SMILES string of the molecule is CC(C)Oc1cncc(C(NN)C(F)F)c1. The molecule has 0 saturated carbocycles. The maximum Gasteiger partial charge on any atom is 0.259 e. The van der Waals surface area contributed by atoms with Crippen molar-refractivity contribution in [1.82, 2.24) is 10.4 Å². The van der Waals surface area contributed by atoms with E-state index in [1.165, 1.54) is 18.5 Å². The van der Waals surface area contributed by atoms with Crippen molar-refractivity contribution < 1.29 is 13.5 Å². The second-order valence-corrected chi connectivity index (χ2v) is 3.60. The molecule has 0 aliphatic heterocycles. The molecule has 0 aliphatic carbocycles. The molecule has 0 bridgehead atoms. The van der Waals surface area contributed by atoms with Crippen LogP contribution in [0.5, 0.6) is 5.75 Å². The lowest BCUT2D eigenvalue weighted by molar-refractivity contribution is 0.0983. The van der Waals surface area contributed by atoms with E-state index in [2.05, 4.69) is 10.4 Å². The Balaban J connectivity index is 2.88. The molecule has 0 saturated heterocycles. The molecule has 16 heavy (non-hydrogen) atoms. The van der Waals surface area contributed by atoms with Gasteiger partial charge in [-0.3, -0.25) is 10.8 Å². The topological polar surface area (TPSA) is 60.2 Å². The highest BCUT2D eigenvalue weighted by molar-refractivity contribution is 5.26. The molecule has 3 N–H and O–H groups in total. The molecule has 0 amide bonds. The van der Waals surface area contributed by atoms with Crippen LogP contribution in [0.1, 0.15) is 25.5 Å². The highest BCUT2D eigenvalue weighted by Crippen LogP contribution is 2.22. The first kappa shape index (κ1) is 12.8. The molecule has 1 heterocycles. The Morgan fingerprint density at radius 3 is 2.56 bits per heavy atom. The molecule has 0 radical (unpaired) electrons. The predicted molar refractivity (Wildman–Crippen MR) is 56.1 cm³/mol. The summed E-state index contributed by atoms with van der Waals surface area (Å²) in [6, 6.07) is 0.271. The number of aromatic nitrogens is 1. The highest BCUT2D eigenvalue weighted by Gasteiger charge is 2.21. The van der Waals surface area contributed by atoms with Crippen LogP contribution in [-0.4, -0.2) is 17.5 Å². The third-order valence-electron chi connectivity index (χ3n) is 1.90. The monoisotopic (exact) mass is 231 g/mol. The molecule has 1 aromatic rings. The first-order valence-electron chi connectivity index (χ1n) is 4.90. The summed E-state index contributed by atoms with van der Waals surface area (Å²) in [4.78, 5) is 3.84. The van der Waals surface area contributed by atoms with Crippen LogP contribution in [0, 0.1) is 0 Å². The van der Waals surface area contributed by atoms with Crippen molar-refractivity contribution in [3.63, 3.8) is 0 Å². The summed E-state index contributed by atoms with van der Waals surface area (Å²) in [6.07, 6.45) is 0.181. The lowest BCUT2D eigenvalue weighted by Gasteiger charge is -2.16. The van der Waals surface area contributed by atoms with Crippen LogP contribution in [0.15, 0.2) is 18.5 Å². The van der Waals surface area contributed by atoms with Crippen LogP contribution in [0.4, 0.5) is 8.78 Å². The quantitative estimate of drug-likeness (QED) is 0.597. The van der Waals surface area contributed by atoms with Crippen molar-refractivity contribution in [2.75, 3.05) is 0 Å². The number of hydrogen-bond acceptors (Lipinski definition) is 4. The number of halogens is 2. The summed E-state index contributed by atoms with van der Waals surface area (Å²) in [7, 11) is 0. The number of rotatable bonds is 5. The smallest absolute Gasteiger partial charge is 0.259 e. The number of hydrogen-bond donors (Lipinski definition) is 2. The summed E-state index contributed by atoms with van der Waals surface area (Å²) < 4.78 is 30.5. The number of hydrazine groups is 1. The molecular weight excluding hydrogens is 216 g/mol. The summed E-state index contributed by atoms with van der Waals surface area (Å²) in [6.45, 7) is 3.69. The van der Waals surface area contributed by atoms with E-state index >= 15 is 0 Å². The highest BCUT2D eigenvalue weighted by atomic mass is 19.3. The lowest BCUT2D eigenvalue weighted by atomic mass is 10.1. The van der Waals surface area contributed by atoms with Crippen molar-refractivity contribution in [3.8, 4) is 5.75 Å². The fourth-order valence-electron chi connectivity index (χ4n) is 1.26. The van der Waals surface area contributed by atoms with Gasteiger partial charge < -0.3 is 4.74 Å². The molecule has 0 fully saturated rings. The average molecular weight is 231 g/mol. The van der Waals surface area contributed by atoms with E-state index in [-0.39, 0.29) is 6.10 Å². The Morgan fingerprint density at radius 2 is 2.06 bits per heavy atom. The Morgan fingerprint density at radius 1 is 1.38 bits per heavy atom. The standard InChI is InChI=1S/C10H15F2N3O/c1-6(2)16-8-3-7(4-14-5-8)9(15-13)10(11)12/h3-6,9-10,15H,13H2,1-2H3. The van der Waals surface area contributed by atoms with Gasteiger partial charge in [0.1, 0.15) is 11.8 Å². The first-order valence-corrected chi connectivity index (χ1v) is 4.90.